The summed E-state index contributed by atoms with van der Waals surface area (Å²) in [4.78, 5) is 12.5. The Morgan fingerprint density at radius 1 is 0.914 bits per heavy atom. The summed E-state index contributed by atoms with van der Waals surface area (Å²) in [5, 5.41) is 69.9. The van der Waals surface area contributed by atoms with E-state index in [1.807, 2.05) is 30.3 Å². The van der Waals surface area contributed by atoms with Crippen LogP contribution in [0, 0.1) is 5.92 Å². The van der Waals surface area contributed by atoms with Crippen molar-refractivity contribution in [3.05, 3.63) is 30.3 Å². The molecule has 0 aromatic heterocycles. The highest BCUT2D eigenvalue weighted by Crippen LogP contribution is 2.41. The number of hydrogen-bond donors (Lipinski definition) is 7. The topological polar surface area (TPSA) is 177 Å². The third-order valence-electron chi connectivity index (χ3n) is 6.86. The summed E-state index contributed by atoms with van der Waals surface area (Å²) in [5.41, 5.74) is 0. The van der Waals surface area contributed by atoms with Crippen LogP contribution in [-0.4, -0.2) is 109 Å². The number of ether oxygens (including phenoxy) is 2. The molecule has 11 heteroatoms. The van der Waals surface area contributed by atoms with Crippen molar-refractivity contribution in [1.82, 2.24) is 0 Å². The molecular formula is C24H36O10S. The van der Waals surface area contributed by atoms with E-state index in [1.54, 1.807) is 6.92 Å². The molecule has 198 valence electrons. The van der Waals surface area contributed by atoms with Crippen LogP contribution in [0.5, 0.6) is 0 Å². The molecule has 2 aliphatic rings. The molecule has 3 rings (SSSR count). The fraction of sp³-hybridized carbons (Fsp3) is 0.708. The molecule has 0 radical (unpaired) electrons. The van der Waals surface area contributed by atoms with Gasteiger partial charge in [-0.05, 0) is 31.9 Å². The van der Waals surface area contributed by atoms with E-state index in [9.17, 15) is 40.5 Å². The van der Waals surface area contributed by atoms with E-state index in [0.29, 0.717) is 25.7 Å². The number of rotatable bonds is 10. The predicted octanol–water partition coefficient (Wildman–Crippen LogP) is -0.240. The minimum absolute atomic E-state index is 0.422. The Hall–Kier alpha value is -1.28. The van der Waals surface area contributed by atoms with Gasteiger partial charge in [0.1, 0.15) is 24.4 Å². The van der Waals surface area contributed by atoms with Crippen LogP contribution in [0.25, 0.3) is 0 Å². The number of aliphatic hydroxyl groups excluding tert-OH is 6. The van der Waals surface area contributed by atoms with Crippen molar-refractivity contribution in [3.8, 4) is 0 Å². The average molecular weight is 517 g/mol. The molecule has 2 fully saturated rings. The summed E-state index contributed by atoms with van der Waals surface area (Å²) < 4.78 is 11.6. The van der Waals surface area contributed by atoms with Gasteiger partial charge in [0.25, 0.3) is 0 Å². The number of carboxylic acids is 1. The van der Waals surface area contributed by atoms with Gasteiger partial charge in [-0.25, -0.2) is 4.79 Å². The molecule has 2 heterocycles. The Morgan fingerprint density at radius 2 is 1.54 bits per heavy atom. The van der Waals surface area contributed by atoms with Gasteiger partial charge in [0.2, 0.25) is 0 Å². The minimum Gasteiger partial charge on any atom is -0.479 e. The van der Waals surface area contributed by atoms with Crippen molar-refractivity contribution in [1.29, 1.82) is 0 Å². The van der Waals surface area contributed by atoms with Crippen molar-refractivity contribution in [3.63, 3.8) is 0 Å². The van der Waals surface area contributed by atoms with Gasteiger partial charge in [0.15, 0.2) is 6.10 Å². The lowest BCUT2D eigenvalue weighted by Crippen LogP contribution is -2.59. The summed E-state index contributed by atoms with van der Waals surface area (Å²) >= 11 is 1.31. The number of hydrogen-bond acceptors (Lipinski definition) is 10. The quantitative estimate of drug-likeness (QED) is 0.204. The number of benzene rings is 1. The van der Waals surface area contributed by atoms with Crippen LogP contribution in [0.3, 0.4) is 0 Å². The predicted molar refractivity (Wildman–Crippen MR) is 126 cm³/mol. The van der Waals surface area contributed by atoms with E-state index in [2.05, 4.69) is 0 Å². The normalized spacial score (nSPS) is 38.7. The largest absolute Gasteiger partial charge is 0.479 e. The van der Waals surface area contributed by atoms with Gasteiger partial charge >= 0.3 is 5.97 Å². The molecule has 0 aliphatic carbocycles. The number of carboxylic acid groups (broad SMARTS) is 1. The highest BCUT2D eigenvalue weighted by atomic mass is 32.2. The molecule has 0 saturated carbocycles. The number of carbonyl (C=O) groups is 1. The third-order valence-corrected chi connectivity index (χ3v) is 8.30. The van der Waals surface area contributed by atoms with E-state index >= 15 is 0 Å². The van der Waals surface area contributed by atoms with Gasteiger partial charge in [0, 0.05) is 16.1 Å². The van der Waals surface area contributed by atoms with Crippen LogP contribution in [0.1, 0.15) is 32.6 Å². The molecule has 0 amide bonds. The Labute approximate surface area is 208 Å². The summed E-state index contributed by atoms with van der Waals surface area (Å²) in [5.74, 6) is -2.53. The van der Waals surface area contributed by atoms with Crippen molar-refractivity contribution in [2.24, 2.45) is 5.92 Å². The van der Waals surface area contributed by atoms with Crippen LogP contribution in [0.15, 0.2) is 35.2 Å². The van der Waals surface area contributed by atoms with Gasteiger partial charge < -0.3 is 45.2 Å². The molecule has 11 atom stereocenters. The second kappa shape index (κ2) is 12.8. The van der Waals surface area contributed by atoms with Crippen molar-refractivity contribution in [2.45, 2.75) is 97.7 Å². The molecule has 7 N–H and O–H groups in total. The maximum atomic E-state index is 11.6. The second-order valence-electron chi connectivity index (χ2n) is 9.28. The summed E-state index contributed by atoms with van der Waals surface area (Å²) in [7, 11) is 0. The monoisotopic (exact) mass is 516 g/mol. The Balaban J connectivity index is 1.70. The lowest BCUT2D eigenvalue weighted by molar-refractivity contribution is -0.218. The number of unbranched alkanes of at least 4 members (excludes halogenated alkanes) is 1. The van der Waals surface area contributed by atoms with Crippen LogP contribution < -0.4 is 0 Å². The zero-order valence-corrected chi connectivity index (χ0v) is 20.4. The Kier molecular flexibility index (Phi) is 10.3. The smallest absolute Gasteiger partial charge is 0.332 e. The van der Waals surface area contributed by atoms with Crippen molar-refractivity contribution < 1.29 is 50.0 Å². The first kappa shape index (κ1) is 28.3. The molecule has 0 spiro atoms. The highest BCUT2D eigenvalue weighted by molar-refractivity contribution is 8.00. The first-order valence-corrected chi connectivity index (χ1v) is 12.8. The number of thioether (sulfide) groups is 1. The Bertz CT molecular complexity index is 798. The Morgan fingerprint density at radius 3 is 2.14 bits per heavy atom. The van der Waals surface area contributed by atoms with E-state index < -0.39 is 78.7 Å². The van der Waals surface area contributed by atoms with Crippen LogP contribution >= 0.6 is 11.8 Å². The van der Waals surface area contributed by atoms with Gasteiger partial charge in [-0.1, -0.05) is 31.0 Å². The standard InChI is InChI=1S/C24H36O10S/c1-12-18(26)22(30)20(28)14(33-12)9-5-6-10-15-23(35-13-7-3-2-4-8-13)17(21(29)24(31)32)19(27)16(11-25)34-15/h2-4,7-8,12,14-23,25-30H,5-6,9-11H2,1H3,(H,31,32)/t12-,14-,15-,16+,17+,18+,19+,20+,21+,22+,23-/m0/s1. The zero-order chi connectivity index (χ0) is 25.7. The fourth-order valence-corrected chi connectivity index (χ4v) is 6.31. The maximum absolute atomic E-state index is 11.6. The molecule has 2 aliphatic heterocycles. The van der Waals surface area contributed by atoms with Gasteiger partial charge in [0.05, 0.1) is 31.0 Å². The first-order valence-electron chi connectivity index (χ1n) is 11.9. The van der Waals surface area contributed by atoms with E-state index in [4.69, 9.17) is 9.47 Å². The zero-order valence-electron chi connectivity index (χ0n) is 19.5. The van der Waals surface area contributed by atoms with Gasteiger partial charge in [-0.2, -0.15) is 0 Å². The van der Waals surface area contributed by atoms with Crippen molar-refractivity contribution in [2.75, 3.05) is 6.61 Å². The minimum atomic E-state index is -1.84. The maximum Gasteiger partial charge on any atom is 0.332 e. The van der Waals surface area contributed by atoms with Gasteiger partial charge in [-0.15, -0.1) is 11.8 Å². The number of aliphatic carboxylic acids is 1. The molecule has 1 aromatic carbocycles. The third kappa shape index (κ3) is 6.73. The lowest BCUT2D eigenvalue weighted by atomic mass is 9.82. The summed E-state index contributed by atoms with van der Waals surface area (Å²) in [6, 6.07) is 9.20. The first-order chi connectivity index (χ1) is 16.6. The van der Waals surface area contributed by atoms with E-state index in [1.165, 1.54) is 11.8 Å². The summed E-state index contributed by atoms with van der Waals surface area (Å²) in [6.45, 7) is 1.10. The van der Waals surface area contributed by atoms with E-state index in [0.717, 1.165) is 4.90 Å². The lowest BCUT2D eigenvalue weighted by Gasteiger charge is -2.45. The average Bonchev–Trinajstić information content (AvgIpc) is 2.84. The fourth-order valence-electron chi connectivity index (χ4n) is 4.86. The van der Waals surface area contributed by atoms with Crippen molar-refractivity contribution >= 4 is 17.7 Å². The van der Waals surface area contributed by atoms with Crippen LogP contribution in [0.2, 0.25) is 0 Å². The van der Waals surface area contributed by atoms with Crippen LogP contribution in [0.4, 0.5) is 0 Å². The second-order valence-corrected chi connectivity index (χ2v) is 10.5. The molecular weight excluding hydrogens is 480 g/mol. The molecule has 0 unspecified atom stereocenters. The molecule has 35 heavy (non-hydrogen) atoms. The van der Waals surface area contributed by atoms with Gasteiger partial charge in [-0.3, -0.25) is 0 Å². The molecule has 0 bridgehead atoms. The SMILES string of the molecule is C[C@@H]1O[C@@H](CCCC[C@@H]2O[C@H](CO)[C@@H](O)[C@H]([C@@H](O)C(=O)O)[C@H]2Sc2ccccc2)[C@@H](O)[C@H](O)[C@@H]1O. The molecule has 10 nitrogen and oxygen atoms in total. The number of aliphatic hydroxyl groups is 6. The van der Waals surface area contributed by atoms with E-state index in [-0.39, 0.29) is 0 Å². The summed E-state index contributed by atoms with van der Waals surface area (Å²) in [6.07, 6.45) is -7.70. The molecule has 2 saturated heterocycles. The van der Waals surface area contributed by atoms with Crippen LogP contribution in [-0.2, 0) is 14.3 Å². The highest BCUT2D eigenvalue weighted by Gasteiger charge is 2.50. The molecule has 1 aromatic rings.